The van der Waals surface area contributed by atoms with Gasteiger partial charge in [0.05, 0.1) is 5.92 Å². The van der Waals surface area contributed by atoms with E-state index in [-0.39, 0.29) is 42.2 Å². The van der Waals surface area contributed by atoms with E-state index in [9.17, 15) is 9.59 Å². The molecule has 23 heavy (non-hydrogen) atoms. The molecular formula is C17H26ClN3O2. The van der Waals surface area contributed by atoms with Gasteiger partial charge in [-0.05, 0) is 18.9 Å². The molecule has 6 heteroatoms. The Balaban J connectivity index is 0.00000264. The number of halogens is 1. The molecular weight excluding hydrogens is 314 g/mol. The Bertz CT molecular complexity index is 524. The zero-order valence-electron chi connectivity index (χ0n) is 13.7. The minimum atomic E-state index is -0.332. The van der Waals surface area contributed by atoms with Gasteiger partial charge in [-0.1, -0.05) is 37.3 Å². The van der Waals surface area contributed by atoms with Gasteiger partial charge in [-0.2, -0.15) is 0 Å². The van der Waals surface area contributed by atoms with Crippen LogP contribution in [-0.4, -0.2) is 35.8 Å². The molecule has 0 aliphatic carbocycles. The standard InChI is InChI=1S/C17H25N3O2.ClH/c1-12(11-20-10-6-9-15(20)21)19-17(22)13(2)16(18)14-7-4-3-5-8-14;/h3-5,7-8,12-13,16H,6,9-11,18H2,1-2H3,(H,19,22);1H. The van der Waals surface area contributed by atoms with Crippen molar-refractivity contribution in [3.05, 3.63) is 35.9 Å². The predicted octanol–water partition coefficient (Wildman–Crippen LogP) is 1.87. The number of nitrogens with one attached hydrogen (secondary N) is 1. The molecule has 1 aliphatic rings. The summed E-state index contributed by atoms with van der Waals surface area (Å²) in [6.07, 6.45) is 1.53. The van der Waals surface area contributed by atoms with Gasteiger partial charge in [0.25, 0.3) is 0 Å². The van der Waals surface area contributed by atoms with Crippen LogP contribution in [0.2, 0.25) is 0 Å². The third-order valence-corrected chi connectivity index (χ3v) is 4.19. The Morgan fingerprint density at radius 2 is 1.96 bits per heavy atom. The number of hydrogen-bond acceptors (Lipinski definition) is 3. The number of likely N-dealkylation sites (tertiary alicyclic amines) is 1. The summed E-state index contributed by atoms with van der Waals surface area (Å²) in [6, 6.07) is 9.22. The fourth-order valence-electron chi connectivity index (χ4n) is 2.77. The van der Waals surface area contributed by atoms with Crippen molar-refractivity contribution in [2.24, 2.45) is 11.7 Å². The van der Waals surface area contributed by atoms with E-state index in [1.807, 2.05) is 49.1 Å². The first-order valence-electron chi connectivity index (χ1n) is 7.87. The average Bonchev–Trinajstić information content (AvgIpc) is 2.91. The normalized spacial score (nSPS) is 18.0. The Hall–Kier alpha value is -1.59. The molecule has 1 aromatic rings. The van der Waals surface area contributed by atoms with Crippen LogP contribution >= 0.6 is 12.4 Å². The van der Waals surface area contributed by atoms with Gasteiger partial charge < -0.3 is 16.0 Å². The summed E-state index contributed by atoms with van der Waals surface area (Å²) in [6.45, 7) is 5.11. The molecule has 3 atom stereocenters. The number of hydrogen-bond donors (Lipinski definition) is 2. The van der Waals surface area contributed by atoms with Gasteiger partial charge in [-0.25, -0.2) is 0 Å². The number of nitrogens with two attached hydrogens (primary N) is 1. The molecule has 1 fully saturated rings. The maximum Gasteiger partial charge on any atom is 0.225 e. The molecule has 2 amide bonds. The number of amides is 2. The van der Waals surface area contributed by atoms with Gasteiger partial charge in [-0.3, -0.25) is 9.59 Å². The fraction of sp³-hybridized carbons (Fsp3) is 0.529. The smallest absolute Gasteiger partial charge is 0.225 e. The van der Waals surface area contributed by atoms with E-state index in [0.29, 0.717) is 13.0 Å². The lowest BCUT2D eigenvalue weighted by Gasteiger charge is -2.25. The Morgan fingerprint density at radius 3 is 2.52 bits per heavy atom. The molecule has 0 aromatic heterocycles. The highest BCUT2D eigenvalue weighted by Crippen LogP contribution is 2.19. The highest BCUT2D eigenvalue weighted by molar-refractivity contribution is 5.85. The van der Waals surface area contributed by atoms with Crippen LogP contribution in [0, 0.1) is 5.92 Å². The van der Waals surface area contributed by atoms with Crippen LogP contribution in [-0.2, 0) is 9.59 Å². The molecule has 0 saturated carbocycles. The van der Waals surface area contributed by atoms with Crippen molar-refractivity contribution in [3.63, 3.8) is 0 Å². The molecule has 128 valence electrons. The molecule has 5 nitrogen and oxygen atoms in total. The third kappa shape index (κ3) is 5.22. The van der Waals surface area contributed by atoms with Gasteiger partial charge in [0.1, 0.15) is 0 Å². The number of rotatable bonds is 6. The van der Waals surface area contributed by atoms with Gasteiger partial charge in [-0.15, -0.1) is 12.4 Å². The quantitative estimate of drug-likeness (QED) is 0.830. The second-order valence-electron chi connectivity index (χ2n) is 6.08. The second kappa shape index (κ2) is 8.89. The van der Waals surface area contributed by atoms with Gasteiger partial charge >= 0.3 is 0 Å². The summed E-state index contributed by atoms with van der Waals surface area (Å²) in [5, 5.41) is 2.96. The lowest BCUT2D eigenvalue weighted by molar-refractivity contribution is -0.130. The van der Waals surface area contributed by atoms with Gasteiger partial charge in [0.2, 0.25) is 11.8 Å². The molecule has 2 rings (SSSR count). The van der Waals surface area contributed by atoms with Gasteiger partial charge in [0, 0.05) is 31.6 Å². The minimum Gasteiger partial charge on any atom is -0.352 e. The number of nitrogens with zero attached hydrogens (tertiary/aromatic N) is 1. The van der Waals surface area contributed by atoms with Crippen molar-refractivity contribution in [1.29, 1.82) is 0 Å². The van der Waals surface area contributed by atoms with E-state index >= 15 is 0 Å². The van der Waals surface area contributed by atoms with E-state index in [1.165, 1.54) is 0 Å². The second-order valence-corrected chi connectivity index (χ2v) is 6.08. The molecule has 3 unspecified atom stereocenters. The summed E-state index contributed by atoms with van der Waals surface area (Å²) >= 11 is 0. The monoisotopic (exact) mass is 339 g/mol. The molecule has 0 spiro atoms. The molecule has 1 saturated heterocycles. The highest BCUT2D eigenvalue weighted by atomic mass is 35.5. The van der Waals surface area contributed by atoms with Crippen molar-refractivity contribution >= 4 is 24.2 Å². The Morgan fingerprint density at radius 1 is 1.30 bits per heavy atom. The Kier molecular flexibility index (Phi) is 7.52. The zero-order chi connectivity index (χ0) is 16.1. The van der Waals surface area contributed by atoms with E-state index < -0.39 is 0 Å². The maximum absolute atomic E-state index is 12.3. The van der Waals surface area contributed by atoms with Crippen LogP contribution in [0.25, 0.3) is 0 Å². The zero-order valence-corrected chi connectivity index (χ0v) is 14.5. The molecule has 1 aliphatic heterocycles. The van der Waals surface area contributed by atoms with Crippen LogP contribution in [0.5, 0.6) is 0 Å². The van der Waals surface area contributed by atoms with Crippen LogP contribution < -0.4 is 11.1 Å². The summed E-state index contributed by atoms with van der Waals surface area (Å²) in [5.41, 5.74) is 7.13. The fourth-order valence-corrected chi connectivity index (χ4v) is 2.77. The number of carbonyl (C=O) groups excluding carboxylic acids is 2. The summed E-state index contributed by atoms with van der Waals surface area (Å²) in [5.74, 6) is -0.218. The predicted molar refractivity (Wildman–Crippen MR) is 93.2 cm³/mol. The highest BCUT2D eigenvalue weighted by Gasteiger charge is 2.26. The molecule has 0 bridgehead atoms. The van der Waals surface area contributed by atoms with E-state index in [1.54, 1.807) is 0 Å². The van der Waals surface area contributed by atoms with E-state index in [4.69, 9.17) is 5.73 Å². The molecule has 3 N–H and O–H groups in total. The largest absolute Gasteiger partial charge is 0.352 e. The van der Waals surface area contributed by atoms with Crippen LogP contribution in [0.15, 0.2) is 30.3 Å². The lowest BCUT2D eigenvalue weighted by Crippen LogP contribution is -2.45. The van der Waals surface area contributed by atoms with Crippen molar-refractivity contribution < 1.29 is 9.59 Å². The SMILES string of the molecule is CC(CN1CCCC1=O)NC(=O)C(C)C(N)c1ccccc1.Cl. The van der Waals surface area contributed by atoms with E-state index in [0.717, 1.165) is 18.5 Å². The van der Waals surface area contributed by atoms with Crippen molar-refractivity contribution in [3.8, 4) is 0 Å². The first-order chi connectivity index (χ1) is 10.5. The summed E-state index contributed by atoms with van der Waals surface area (Å²) < 4.78 is 0. The van der Waals surface area contributed by atoms with Crippen LogP contribution in [0.1, 0.15) is 38.3 Å². The van der Waals surface area contributed by atoms with Crippen molar-refractivity contribution in [1.82, 2.24) is 10.2 Å². The third-order valence-electron chi connectivity index (χ3n) is 4.19. The topological polar surface area (TPSA) is 75.4 Å². The lowest BCUT2D eigenvalue weighted by atomic mass is 9.94. The molecule has 0 radical (unpaired) electrons. The molecule has 1 aromatic carbocycles. The molecule has 1 heterocycles. The maximum atomic E-state index is 12.3. The van der Waals surface area contributed by atoms with E-state index in [2.05, 4.69) is 5.32 Å². The van der Waals surface area contributed by atoms with Crippen LogP contribution in [0.4, 0.5) is 0 Å². The number of carbonyl (C=O) groups is 2. The first kappa shape index (κ1) is 19.5. The average molecular weight is 340 g/mol. The summed E-state index contributed by atoms with van der Waals surface area (Å²) in [4.78, 5) is 25.8. The van der Waals surface area contributed by atoms with Crippen molar-refractivity contribution in [2.75, 3.05) is 13.1 Å². The number of benzene rings is 1. The van der Waals surface area contributed by atoms with Gasteiger partial charge in [0.15, 0.2) is 0 Å². The Labute approximate surface area is 144 Å². The first-order valence-corrected chi connectivity index (χ1v) is 7.87. The minimum absolute atomic E-state index is 0. The van der Waals surface area contributed by atoms with Crippen LogP contribution in [0.3, 0.4) is 0 Å². The van der Waals surface area contributed by atoms with Crippen molar-refractivity contribution in [2.45, 2.75) is 38.8 Å². The summed E-state index contributed by atoms with van der Waals surface area (Å²) in [7, 11) is 0.